The van der Waals surface area contributed by atoms with E-state index < -0.39 is 0 Å². The molecular formula is C19H29BrN6OS. The average molecular weight is 469 g/mol. The number of carbonyl (C=O) groups excluding carboxylic acids is 1. The van der Waals surface area contributed by atoms with Crippen molar-refractivity contribution in [2.45, 2.75) is 57.1 Å². The Morgan fingerprint density at radius 1 is 1.29 bits per heavy atom. The van der Waals surface area contributed by atoms with Gasteiger partial charge in [-0.2, -0.15) is 5.10 Å². The van der Waals surface area contributed by atoms with Crippen LogP contribution in [0.4, 0.5) is 5.82 Å². The van der Waals surface area contributed by atoms with Crippen molar-refractivity contribution >= 4 is 50.5 Å². The van der Waals surface area contributed by atoms with E-state index in [-0.39, 0.29) is 5.91 Å². The number of hydrogen-bond donors (Lipinski definition) is 1. The number of carbonyl (C=O) groups is 1. The summed E-state index contributed by atoms with van der Waals surface area (Å²) in [6.45, 7) is 5.41. The van der Waals surface area contributed by atoms with E-state index in [0.29, 0.717) is 19.5 Å². The average Bonchev–Trinajstić information content (AvgIpc) is 3.13. The van der Waals surface area contributed by atoms with Gasteiger partial charge in [0.25, 0.3) is 0 Å². The molecular weight excluding hydrogens is 440 g/mol. The molecule has 0 aliphatic carbocycles. The molecule has 0 bridgehead atoms. The maximum atomic E-state index is 11.8. The molecule has 7 nitrogen and oxygen atoms in total. The van der Waals surface area contributed by atoms with Crippen molar-refractivity contribution in [2.75, 3.05) is 35.6 Å². The fourth-order valence-corrected chi connectivity index (χ4v) is 4.28. The number of nitrogens with one attached hydrogen (secondary N) is 1. The fraction of sp³-hybridized carbons (Fsp3) is 0.684. The van der Waals surface area contributed by atoms with Gasteiger partial charge in [-0.15, -0.1) is 0 Å². The minimum Gasteiger partial charge on any atom is -0.356 e. The number of hydrogen-bond acceptors (Lipinski definition) is 6. The molecule has 1 fully saturated rings. The molecule has 0 unspecified atom stereocenters. The van der Waals surface area contributed by atoms with Gasteiger partial charge >= 0.3 is 0 Å². The number of fused-ring (bicyclic) bond motifs is 1. The van der Waals surface area contributed by atoms with E-state index in [2.05, 4.69) is 38.2 Å². The molecule has 1 N–H and O–H groups in total. The highest BCUT2D eigenvalue weighted by Gasteiger charge is 2.20. The summed E-state index contributed by atoms with van der Waals surface area (Å²) in [7, 11) is 0. The summed E-state index contributed by atoms with van der Waals surface area (Å²) in [5.74, 6) is 2.09. The standard InChI is InChI=1S/C19H29BrN6OS/c1-2-13-28-19-23-17(25-10-4-3-5-11-25)15-14-22-26(18(15)24-19)12-9-21-16(27)7-6-8-20/h14H,2-13H2,1H3,(H,21,27). The first-order valence-corrected chi connectivity index (χ1v) is 12.3. The third kappa shape index (κ3) is 5.59. The van der Waals surface area contributed by atoms with Gasteiger partial charge in [-0.25, -0.2) is 14.6 Å². The first-order valence-electron chi connectivity index (χ1n) is 10.2. The molecule has 0 saturated carbocycles. The Labute approximate surface area is 179 Å². The summed E-state index contributed by atoms with van der Waals surface area (Å²) < 4.78 is 1.89. The molecule has 1 aliphatic rings. The highest BCUT2D eigenvalue weighted by molar-refractivity contribution is 9.09. The highest BCUT2D eigenvalue weighted by Crippen LogP contribution is 2.29. The summed E-state index contributed by atoms with van der Waals surface area (Å²) in [5, 5.41) is 10.2. The van der Waals surface area contributed by atoms with Gasteiger partial charge in [0.15, 0.2) is 10.8 Å². The Balaban J connectivity index is 1.78. The Bertz CT molecular complexity index is 777. The molecule has 2 aromatic rings. The second-order valence-electron chi connectivity index (χ2n) is 6.97. The summed E-state index contributed by atoms with van der Waals surface area (Å²) in [5.41, 5.74) is 0.865. The van der Waals surface area contributed by atoms with Gasteiger partial charge in [0.2, 0.25) is 5.91 Å². The molecule has 154 valence electrons. The Hall–Kier alpha value is -1.35. The Kier molecular flexibility index (Phi) is 8.39. The topological polar surface area (TPSA) is 75.9 Å². The molecule has 0 spiro atoms. The van der Waals surface area contributed by atoms with Crippen LogP contribution in [0, 0.1) is 0 Å². The number of amides is 1. The van der Waals surface area contributed by atoms with Crippen LogP contribution in [0.3, 0.4) is 0 Å². The molecule has 1 amide bonds. The Morgan fingerprint density at radius 3 is 2.86 bits per heavy atom. The molecule has 0 radical (unpaired) electrons. The molecule has 3 heterocycles. The van der Waals surface area contributed by atoms with Crippen LogP contribution < -0.4 is 10.2 Å². The second kappa shape index (κ2) is 11.0. The predicted molar refractivity (Wildman–Crippen MR) is 118 cm³/mol. The number of nitrogens with zero attached hydrogens (tertiary/aromatic N) is 5. The van der Waals surface area contributed by atoms with Gasteiger partial charge in [-0.05, 0) is 32.1 Å². The minimum atomic E-state index is 0.0822. The summed E-state index contributed by atoms with van der Waals surface area (Å²) >= 11 is 5.05. The third-order valence-electron chi connectivity index (χ3n) is 4.73. The maximum absolute atomic E-state index is 11.8. The van der Waals surface area contributed by atoms with Gasteiger partial charge < -0.3 is 10.2 Å². The summed E-state index contributed by atoms with van der Waals surface area (Å²) in [6.07, 6.45) is 8.06. The van der Waals surface area contributed by atoms with E-state index in [9.17, 15) is 4.79 Å². The predicted octanol–water partition coefficient (Wildman–Crippen LogP) is 3.61. The molecule has 0 atom stereocenters. The lowest BCUT2D eigenvalue weighted by molar-refractivity contribution is -0.121. The van der Waals surface area contributed by atoms with Crippen LogP contribution in [-0.2, 0) is 11.3 Å². The Morgan fingerprint density at radius 2 is 2.11 bits per heavy atom. The van der Waals surface area contributed by atoms with Crippen LogP contribution >= 0.6 is 27.7 Å². The van der Waals surface area contributed by atoms with E-state index in [1.54, 1.807) is 11.8 Å². The van der Waals surface area contributed by atoms with Crippen molar-refractivity contribution in [1.29, 1.82) is 0 Å². The smallest absolute Gasteiger partial charge is 0.220 e. The zero-order valence-electron chi connectivity index (χ0n) is 16.5. The van der Waals surface area contributed by atoms with E-state index in [0.717, 1.165) is 59.0 Å². The fourth-order valence-electron chi connectivity index (χ4n) is 3.31. The van der Waals surface area contributed by atoms with E-state index in [1.165, 1.54) is 19.3 Å². The van der Waals surface area contributed by atoms with Gasteiger partial charge in [-0.3, -0.25) is 4.79 Å². The van der Waals surface area contributed by atoms with Crippen molar-refractivity contribution in [2.24, 2.45) is 0 Å². The van der Waals surface area contributed by atoms with Crippen LogP contribution in [0.5, 0.6) is 0 Å². The number of aromatic nitrogens is 4. The van der Waals surface area contributed by atoms with Crippen LogP contribution in [0.2, 0.25) is 0 Å². The van der Waals surface area contributed by atoms with Crippen molar-refractivity contribution in [3.8, 4) is 0 Å². The first-order chi connectivity index (χ1) is 13.7. The van der Waals surface area contributed by atoms with Crippen molar-refractivity contribution in [1.82, 2.24) is 25.1 Å². The molecule has 1 saturated heterocycles. The maximum Gasteiger partial charge on any atom is 0.220 e. The van der Waals surface area contributed by atoms with Crippen molar-refractivity contribution in [3.63, 3.8) is 0 Å². The lowest BCUT2D eigenvalue weighted by atomic mass is 10.1. The quantitative estimate of drug-likeness (QED) is 0.326. The molecule has 9 heteroatoms. The van der Waals surface area contributed by atoms with E-state index >= 15 is 0 Å². The zero-order chi connectivity index (χ0) is 19.8. The van der Waals surface area contributed by atoms with E-state index in [1.807, 2.05) is 10.9 Å². The number of anilines is 1. The van der Waals surface area contributed by atoms with Crippen molar-refractivity contribution < 1.29 is 4.79 Å². The summed E-state index contributed by atoms with van der Waals surface area (Å²) in [6, 6.07) is 0. The lowest BCUT2D eigenvalue weighted by Crippen LogP contribution is -2.30. The van der Waals surface area contributed by atoms with Gasteiger partial charge in [0, 0.05) is 37.1 Å². The van der Waals surface area contributed by atoms with Crippen LogP contribution in [0.1, 0.15) is 45.4 Å². The number of piperidine rings is 1. The molecule has 1 aliphatic heterocycles. The van der Waals surface area contributed by atoms with Gasteiger partial charge in [0.1, 0.15) is 5.82 Å². The number of alkyl halides is 1. The second-order valence-corrected chi connectivity index (χ2v) is 8.83. The van der Waals surface area contributed by atoms with Crippen molar-refractivity contribution in [3.05, 3.63) is 6.20 Å². The normalized spacial score (nSPS) is 14.6. The number of halogens is 1. The zero-order valence-corrected chi connectivity index (χ0v) is 18.9. The number of rotatable bonds is 10. The van der Waals surface area contributed by atoms with Gasteiger partial charge in [-0.1, -0.05) is 34.6 Å². The molecule has 3 rings (SSSR count). The summed E-state index contributed by atoms with van der Waals surface area (Å²) in [4.78, 5) is 23.9. The first kappa shape index (κ1) is 21.4. The molecule has 28 heavy (non-hydrogen) atoms. The minimum absolute atomic E-state index is 0.0822. The molecule has 0 aromatic carbocycles. The monoisotopic (exact) mass is 468 g/mol. The van der Waals surface area contributed by atoms with E-state index in [4.69, 9.17) is 9.97 Å². The highest BCUT2D eigenvalue weighted by atomic mass is 79.9. The third-order valence-corrected chi connectivity index (χ3v) is 6.34. The van der Waals surface area contributed by atoms with Crippen LogP contribution in [-0.4, -0.2) is 56.4 Å². The van der Waals surface area contributed by atoms with Crippen LogP contribution in [0.15, 0.2) is 11.4 Å². The van der Waals surface area contributed by atoms with Gasteiger partial charge in [0.05, 0.1) is 18.1 Å². The largest absolute Gasteiger partial charge is 0.356 e. The lowest BCUT2D eigenvalue weighted by Gasteiger charge is -2.28. The molecule has 2 aromatic heterocycles. The SMILES string of the molecule is CCCSc1nc(N2CCCCC2)c2cnn(CCNC(=O)CCCBr)c2n1. The number of thioether (sulfide) groups is 1. The van der Waals surface area contributed by atoms with Crippen LogP contribution in [0.25, 0.3) is 11.0 Å².